The van der Waals surface area contributed by atoms with Crippen LogP contribution in [0.2, 0.25) is 0 Å². The summed E-state index contributed by atoms with van der Waals surface area (Å²) in [5.41, 5.74) is -0.195. The molecule has 132 valence electrons. The van der Waals surface area contributed by atoms with Crippen molar-refractivity contribution in [3.05, 3.63) is 12.3 Å². The summed E-state index contributed by atoms with van der Waals surface area (Å²) in [7, 11) is 0. The van der Waals surface area contributed by atoms with Crippen molar-refractivity contribution in [3.8, 4) is 0 Å². The second-order valence-electron chi connectivity index (χ2n) is 7.01. The van der Waals surface area contributed by atoms with E-state index < -0.39 is 6.10 Å². The van der Waals surface area contributed by atoms with Crippen LogP contribution in [0.25, 0.3) is 0 Å². The van der Waals surface area contributed by atoms with Crippen molar-refractivity contribution >= 4 is 11.9 Å². The average Bonchev–Trinajstić information content (AvgIpc) is 2.71. The Bertz CT molecular complexity index is 450. The lowest BCUT2D eigenvalue weighted by molar-refractivity contribution is -0.149. The molecular formula is C17H28O6. The van der Waals surface area contributed by atoms with Crippen molar-refractivity contribution in [1.29, 1.82) is 0 Å². The van der Waals surface area contributed by atoms with E-state index in [0.29, 0.717) is 5.76 Å². The fourth-order valence-corrected chi connectivity index (χ4v) is 2.66. The summed E-state index contributed by atoms with van der Waals surface area (Å²) in [6, 6.07) is 0. The Kier molecular flexibility index (Phi) is 6.62. The fraction of sp³-hybridized carbons (Fsp3) is 0.765. The fourth-order valence-electron chi connectivity index (χ4n) is 2.66. The molecule has 6 nitrogen and oxygen atoms in total. The molecule has 0 saturated carbocycles. The van der Waals surface area contributed by atoms with E-state index in [2.05, 4.69) is 6.58 Å². The molecule has 0 aromatic rings. The zero-order valence-corrected chi connectivity index (χ0v) is 14.9. The highest BCUT2D eigenvalue weighted by atomic mass is 16.6. The predicted octanol–water partition coefficient (Wildman–Crippen LogP) is 2.46. The number of hydrogen-bond acceptors (Lipinski definition) is 6. The third kappa shape index (κ3) is 5.86. The second kappa shape index (κ2) is 7.81. The molecule has 1 fully saturated rings. The molecule has 0 radical (unpaired) electrons. The minimum Gasteiger partial charge on any atom is -0.492 e. The molecule has 0 unspecified atom stereocenters. The third-order valence-corrected chi connectivity index (χ3v) is 3.64. The van der Waals surface area contributed by atoms with Crippen LogP contribution in [-0.4, -0.2) is 43.5 Å². The van der Waals surface area contributed by atoms with Crippen LogP contribution in [0.15, 0.2) is 12.3 Å². The molecule has 0 amide bonds. The van der Waals surface area contributed by atoms with E-state index in [1.54, 1.807) is 6.92 Å². The first kappa shape index (κ1) is 19.5. The van der Waals surface area contributed by atoms with E-state index in [4.69, 9.17) is 18.9 Å². The molecule has 1 aliphatic heterocycles. The summed E-state index contributed by atoms with van der Waals surface area (Å²) in [4.78, 5) is 22.3. The molecular weight excluding hydrogens is 300 g/mol. The number of hydrogen-bond donors (Lipinski definition) is 0. The summed E-state index contributed by atoms with van der Waals surface area (Å²) in [5.74, 6) is -0.422. The molecule has 1 aliphatic rings. The molecule has 4 atom stereocenters. The van der Waals surface area contributed by atoms with Crippen LogP contribution in [0, 0.1) is 11.3 Å². The average molecular weight is 328 g/mol. The van der Waals surface area contributed by atoms with Gasteiger partial charge in [0.2, 0.25) is 0 Å². The van der Waals surface area contributed by atoms with Gasteiger partial charge in [0, 0.05) is 13.8 Å². The zero-order valence-electron chi connectivity index (χ0n) is 14.9. The molecule has 1 rings (SSSR count). The standard InChI is InChI=1S/C17H28O6/c1-10(2)22-15-13(8-20-11(3)18)14(9-21-12(4)19)23-16(15)17(5,6)7/h13-16H,1,8-9H2,2-7H3/t13-,14-,15-,16-/m1/s1. The summed E-state index contributed by atoms with van der Waals surface area (Å²) in [6.07, 6.45) is -0.959. The lowest BCUT2D eigenvalue weighted by Crippen LogP contribution is -2.40. The van der Waals surface area contributed by atoms with E-state index >= 15 is 0 Å². The van der Waals surface area contributed by atoms with Crippen molar-refractivity contribution in [2.45, 2.75) is 59.9 Å². The van der Waals surface area contributed by atoms with Crippen LogP contribution < -0.4 is 0 Å². The summed E-state index contributed by atoms with van der Waals surface area (Å²) in [6.45, 7) is 14.6. The lowest BCUT2D eigenvalue weighted by atomic mass is 9.82. The van der Waals surface area contributed by atoms with Gasteiger partial charge in [-0.2, -0.15) is 0 Å². The van der Waals surface area contributed by atoms with Gasteiger partial charge < -0.3 is 18.9 Å². The van der Waals surface area contributed by atoms with Crippen LogP contribution in [0.1, 0.15) is 41.5 Å². The van der Waals surface area contributed by atoms with E-state index in [9.17, 15) is 9.59 Å². The Morgan fingerprint density at radius 3 is 2.00 bits per heavy atom. The Balaban J connectivity index is 3.00. The van der Waals surface area contributed by atoms with Gasteiger partial charge in [-0.15, -0.1) is 0 Å². The maximum Gasteiger partial charge on any atom is 0.302 e. The van der Waals surface area contributed by atoms with Crippen molar-refractivity contribution in [2.75, 3.05) is 13.2 Å². The third-order valence-electron chi connectivity index (χ3n) is 3.64. The highest BCUT2D eigenvalue weighted by molar-refractivity contribution is 5.66. The van der Waals surface area contributed by atoms with Crippen molar-refractivity contribution in [3.63, 3.8) is 0 Å². The van der Waals surface area contributed by atoms with E-state index in [0.717, 1.165) is 0 Å². The van der Waals surface area contributed by atoms with Gasteiger partial charge in [-0.3, -0.25) is 9.59 Å². The smallest absolute Gasteiger partial charge is 0.302 e. The van der Waals surface area contributed by atoms with Gasteiger partial charge in [0.05, 0.1) is 11.7 Å². The molecule has 0 spiro atoms. The minimum absolute atomic E-state index is 0.101. The van der Waals surface area contributed by atoms with Crippen molar-refractivity contribution < 1.29 is 28.5 Å². The Hall–Kier alpha value is -1.56. The molecule has 6 heteroatoms. The number of carbonyl (C=O) groups excluding carboxylic acids is 2. The molecule has 1 heterocycles. The number of rotatable bonds is 6. The monoisotopic (exact) mass is 328 g/mol. The van der Waals surface area contributed by atoms with Gasteiger partial charge in [0.15, 0.2) is 0 Å². The molecule has 23 heavy (non-hydrogen) atoms. The molecule has 0 aliphatic carbocycles. The van der Waals surface area contributed by atoms with Crippen molar-refractivity contribution in [2.24, 2.45) is 11.3 Å². The highest BCUT2D eigenvalue weighted by Crippen LogP contribution is 2.40. The number of esters is 2. The SMILES string of the molecule is C=C(C)O[C@@H]1[C@H](COC(C)=O)[C@@H](COC(C)=O)O[C@H]1C(C)(C)C. The first-order valence-corrected chi connectivity index (χ1v) is 7.76. The predicted molar refractivity (Wildman–Crippen MR) is 84.6 cm³/mol. The summed E-state index contributed by atoms with van der Waals surface area (Å²) in [5, 5.41) is 0. The summed E-state index contributed by atoms with van der Waals surface area (Å²) >= 11 is 0. The van der Waals surface area contributed by atoms with Crippen LogP contribution in [0.4, 0.5) is 0 Å². The normalized spacial score (nSPS) is 27.4. The maximum absolute atomic E-state index is 11.2. The Morgan fingerprint density at radius 2 is 1.57 bits per heavy atom. The lowest BCUT2D eigenvalue weighted by Gasteiger charge is -2.32. The van der Waals surface area contributed by atoms with Gasteiger partial charge >= 0.3 is 11.9 Å². The maximum atomic E-state index is 11.2. The first-order valence-electron chi connectivity index (χ1n) is 7.76. The van der Waals surface area contributed by atoms with Gasteiger partial charge in [-0.05, 0) is 12.3 Å². The van der Waals surface area contributed by atoms with Gasteiger partial charge in [-0.1, -0.05) is 27.4 Å². The topological polar surface area (TPSA) is 71.1 Å². The second-order valence-corrected chi connectivity index (χ2v) is 7.01. The molecule has 0 aromatic heterocycles. The van der Waals surface area contributed by atoms with Crippen LogP contribution in [0.3, 0.4) is 0 Å². The van der Waals surface area contributed by atoms with Gasteiger partial charge in [0.25, 0.3) is 0 Å². The van der Waals surface area contributed by atoms with Crippen LogP contribution >= 0.6 is 0 Å². The first-order chi connectivity index (χ1) is 10.5. The number of ether oxygens (including phenoxy) is 4. The molecule has 1 saturated heterocycles. The number of allylic oxidation sites excluding steroid dienone is 1. The van der Waals surface area contributed by atoms with Gasteiger partial charge in [0.1, 0.15) is 31.5 Å². The van der Waals surface area contributed by atoms with Crippen molar-refractivity contribution in [1.82, 2.24) is 0 Å². The zero-order chi connectivity index (χ0) is 17.8. The largest absolute Gasteiger partial charge is 0.492 e. The Morgan fingerprint density at radius 1 is 1.04 bits per heavy atom. The van der Waals surface area contributed by atoms with E-state index in [-0.39, 0.29) is 48.7 Å². The summed E-state index contributed by atoms with van der Waals surface area (Å²) < 4.78 is 22.2. The highest BCUT2D eigenvalue weighted by Gasteiger charge is 2.51. The molecule has 0 N–H and O–H groups in total. The minimum atomic E-state index is -0.396. The molecule has 0 bridgehead atoms. The number of carbonyl (C=O) groups is 2. The van der Waals surface area contributed by atoms with E-state index in [1.807, 2.05) is 20.8 Å². The molecule has 0 aromatic carbocycles. The van der Waals surface area contributed by atoms with E-state index in [1.165, 1.54) is 13.8 Å². The van der Waals surface area contributed by atoms with Crippen LogP contribution in [0.5, 0.6) is 0 Å². The van der Waals surface area contributed by atoms with Crippen LogP contribution in [-0.2, 0) is 28.5 Å². The van der Waals surface area contributed by atoms with Gasteiger partial charge in [-0.25, -0.2) is 0 Å². The quantitative estimate of drug-likeness (QED) is 0.551. The Labute approximate surface area is 138 Å².